The summed E-state index contributed by atoms with van der Waals surface area (Å²) < 4.78 is 5.72. The van der Waals surface area contributed by atoms with Gasteiger partial charge in [0.2, 0.25) is 5.91 Å². The molecule has 0 aromatic carbocycles. The molecule has 0 aliphatic carbocycles. The first-order valence-corrected chi connectivity index (χ1v) is 6.93. The van der Waals surface area contributed by atoms with Crippen LogP contribution >= 0.6 is 0 Å². The lowest BCUT2D eigenvalue weighted by molar-refractivity contribution is -0.131. The maximum Gasteiger partial charge on any atom is 0.222 e. The Morgan fingerprint density at radius 1 is 1.44 bits per heavy atom. The first kappa shape index (κ1) is 15.4. The van der Waals surface area contributed by atoms with Crippen LogP contribution in [0.15, 0.2) is 0 Å². The van der Waals surface area contributed by atoms with Crippen molar-refractivity contribution in [3.63, 3.8) is 0 Å². The lowest BCUT2D eigenvalue weighted by Crippen LogP contribution is -2.39. The van der Waals surface area contributed by atoms with E-state index in [9.17, 15) is 4.79 Å². The number of rotatable bonds is 6. The van der Waals surface area contributed by atoms with Crippen molar-refractivity contribution in [1.29, 1.82) is 0 Å². The SMILES string of the molecule is CC1CCC(CCC(=O)N(C)CC(C)(C)CN)O1. The molecular weight excluding hydrogens is 228 g/mol. The Balaban J connectivity index is 2.27. The summed E-state index contributed by atoms with van der Waals surface area (Å²) in [6.07, 6.45) is 4.27. The maximum absolute atomic E-state index is 12.0. The average molecular weight is 256 g/mol. The van der Waals surface area contributed by atoms with Crippen LogP contribution < -0.4 is 5.73 Å². The molecule has 1 fully saturated rings. The van der Waals surface area contributed by atoms with Gasteiger partial charge in [-0.1, -0.05) is 13.8 Å². The predicted molar refractivity (Wildman–Crippen MR) is 73.3 cm³/mol. The molecule has 2 atom stereocenters. The van der Waals surface area contributed by atoms with Crippen molar-refractivity contribution in [3.05, 3.63) is 0 Å². The third kappa shape index (κ3) is 4.94. The van der Waals surface area contributed by atoms with E-state index in [4.69, 9.17) is 10.5 Å². The molecule has 1 amide bonds. The number of hydrogen-bond acceptors (Lipinski definition) is 3. The zero-order valence-corrected chi connectivity index (χ0v) is 12.2. The minimum atomic E-state index is -0.0111. The van der Waals surface area contributed by atoms with E-state index in [1.807, 2.05) is 7.05 Å². The highest BCUT2D eigenvalue weighted by atomic mass is 16.5. The van der Waals surface area contributed by atoms with Crippen molar-refractivity contribution in [2.45, 2.75) is 58.7 Å². The second kappa shape index (κ2) is 6.53. The monoisotopic (exact) mass is 256 g/mol. The molecule has 1 aliphatic heterocycles. The summed E-state index contributed by atoms with van der Waals surface area (Å²) >= 11 is 0. The van der Waals surface area contributed by atoms with Crippen LogP contribution in [0.3, 0.4) is 0 Å². The van der Waals surface area contributed by atoms with Crippen molar-refractivity contribution >= 4 is 5.91 Å². The summed E-state index contributed by atoms with van der Waals surface area (Å²) in [6.45, 7) is 7.56. The van der Waals surface area contributed by atoms with Gasteiger partial charge in [-0.15, -0.1) is 0 Å². The molecule has 1 saturated heterocycles. The lowest BCUT2D eigenvalue weighted by Gasteiger charge is -2.29. The molecule has 4 heteroatoms. The fraction of sp³-hybridized carbons (Fsp3) is 0.929. The van der Waals surface area contributed by atoms with E-state index in [0.717, 1.165) is 19.3 Å². The third-order valence-electron chi connectivity index (χ3n) is 3.64. The summed E-state index contributed by atoms with van der Waals surface area (Å²) in [5.41, 5.74) is 5.67. The third-order valence-corrected chi connectivity index (χ3v) is 3.64. The summed E-state index contributed by atoms with van der Waals surface area (Å²) in [7, 11) is 1.86. The number of nitrogens with two attached hydrogens (primary N) is 1. The predicted octanol–water partition coefficient (Wildman–Crippen LogP) is 1.78. The summed E-state index contributed by atoms with van der Waals surface area (Å²) in [6, 6.07) is 0. The highest BCUT2D eigenvalue weighted by Crippen LogP contribution is 2.23. The second-order valence-electron chi connectivity index (χ2n) is 6.30. The zero-order valence-electron chi connectivity index (χ0n) is 12.2. The molecule has 1 aliphatic rings. The number of carbonyl (C=O) groups excluding carboxylic acids is 1. The quantitative estimate of drug-likeness (QED) is 0.788. The Kier molecular flexibility index (Phi) is 5.60. The maximum atomic E-state index is 12.0. The smallest absolute Gasteiger partial charge is 0.222 e. The van der Waals surface area contributed by atoms with E-state index < -0.39 is 0 Å². The van der Waals surface area contributed by atoms with E-state index in [1.165, 1.54) is 0 Å². The highest BCUT2D eigenvalue weighted by Gasteiger charge is 2.24. The minimum absolute atomic E-state index is 0.0111. The van der Waals surface area contributed by atoms with E-state index in [-0.39, 0.29) is 17.4 Å². The number of amides is 1. The average Bonchev–Trinajstić information content (AvgIpc) is 2.71. The molecule has 18 heavy (non-hydrogen) atoms. The Morgan fingerprint density at radius 2 is 2.11 bits per heavy atom. The van der Waals surface area contributed by atoms with Crippen molar-refractivity contribution in [3.8, 4) is 0 Å². The molecule has 0 spiro atoms. The number of carbonyl (C=O) groups is 1. The van der Waals surface area contributed by atoms with E-state index >= 15 is 0 Å². The van der Waals surface area contributed by atoms with E-state index in [0.29, 0.717) is 25.6 Å². The number of hydrogen-bond donors (Lipinski definition) is 1. The number of ether oxygens (including phenoxy) is 1. The fourth-order valence-corrected chi connectivity index (χ4v) is 2.37. The molecule has 2 unspecified atom stereocenters. The first-order valence-electron chi connectivity index (χ1n) is 6.93. The van der Waals surface area contributed by atoms with Crippen LogP contribution in [-0.4, -0.2) is 43.2 Å². The second-order valence-corrected chi connectivity index (χ2v) is 6.30. The molecule has 0 radical (unpaired) electrons. The molecule has 1 rings (SSSR count). The fourth-order valence-electron chi connectivity index (χ4n) is 2.37. The van der Waals surface area contributed by atoms with E-state index in [1.54, 1.807) is 4.90 Å². The van der Waals surface area contributed by atoms with Crippen LogP contribution in [0.25, 0.3) is 0 Å². The molecule has 0 aromatic rings. The Hall–Kier alpha value is -0.610. The van der Waals surface area contributed by atoms with Crippen LogP contribution in [0.2, 0.25) is 0 Å². The van der Waals surface area contributed by atoms with Gasteiger partial charge in [0, 0.05) is 20.0 Å². The van der Waals surface area contributed by atoms with Gasteiger partial charge in [0.25, 0.3) is 0 Å². The first-order chi connectivity index (χ1) is 8.34. The molecule has 0 saturated carbocycles. The van der Waals surface area contributed by atoms with Crippen LogP contribution in [-0.2, 0) is 9.53 Å². The minimum Gasteiger partial charge on any atom is -0.375 e. The lowest BCUT2D eigenvalue weighted by atomic mass is 9.93. The van der Waals surface area contributed by atoms with Crippen LogP contribution in [0.5, 0.6) is 0 Å². The summed E-state index contributed by atoms with van der Waals surface area (Å²) in [5.74, 6) is 0.194. The Labute approximate surface area is 111 Å². The van der Waals surface area contributed by atoms with Crippen molar-refractivity contribution in [2.75, 3.05) is 20.1 Å². The zero-order chi connectivity index (χ0) is 13.8. The van der Waals surface area contributed by atoms with Gasteiger partial charge in [-0.2, -0.15) is 0 Å². The van der Waals surface area contributed by atoms with Crippen LogP contribution in [0.4, 0.5) is 0 Å². The molecule has 2 N–H and O–H groups in total. The highest BCUT2D eigenvalue weighted by molar-refractivity contribution is 5.75. The van der Waals surface area contributed by atoms with Crippen molar-refractivity contribution in [1.82, 2.24) is 4.90 Å². The van der Waals surface area contributed by atoms with Crippen LogP contribution in [0.1, 0.15) is 46.5 Å². The van der Waals surface area contributed by atoms with Crippen molar-refractivity contribution in [2.24, 2.45) is 11.1 Å². The number of nitrogens with zero attached hydrogens (tertiary/aromatic N) is 1. The van der Waals surface area contributed by atoms with Gasteiger partial charge < -0.3 is 15.4 Å². The van der Waals surface area contributed by atoms with Gasteiger partial charge in [-0.05, 0) is 38.1 Å². The molecular formula is C14H28N2O2. The van der Waals surface area contributed by atoms with Gasteiger partial charge in [0.15, 0.2) is 0 Å². The van der Waals surface area contributed by atoms with Gasteiger partial charge in [-0.25, -0.2) is 0 Å². The van der Waals surface area contributed by atoms with Crippen LogP contribution in [0, 0.1) is 5.41 Å². The van der Waals surface area contributed by atoms with Gasteiger partial charge in [-0.3, -0.25) is 4.79 Å². The Bertz CT molecular complexity index is 279. The standard InChI is InChI=1S/C14H28N2O2/c1-11-5-6-12(18-11)7-8-13(17)16(4)10-14(2,3)9-15/h11-12H,5-10,15H2,1-4H3. The summed E-state index contributed by atoms with van der Waals surface area (Å²) in [4.78, 5) is 13.8. The summed E-state index contributed by atoms with van der Waals surface area (Å²) in [5, 5.41) is 0. The molecule has 4 nitrogen and oxygen atoms in total. The largest absolute Gasteiger partial charge is 0.375 e. The molecule has 106 valence electrons. The van der Waals surface area contributed by atoms with Gasteiger partial charge in [0.05, 0.1) is 12.2 Å². The topological polar surface area (TPSA) is 55.6 Å². The van der Waals surface area contributed by atoms with Crippen molar-refractivity contribution < 1.29 is 9.53 Å². The molecule has 1 heterocycles. The van der Waals surface area contributed by atoms with E-state index in [2.05, 4.69) is 20.8 Å². The Morgan fingerprint density at radius 3 is 2.61 bits per heavy atom. The normalized spacial score (nSPS) is 24.3. The molecule has 0 aromatic heterocycles. The van der Waals surface area contributed by atoms with Gasteiger partial charge in [0.1, 0.15) is 0 Å². The van der Waals surface area contributed by atoms with Gasteiger partial charge >= 0.3 is 0 Å². The molecule has 0 bridgehead atoms.